The molecule has 39 heavy (non-hydrogen) atoms. The van der Waals surface area contributed by atoms with Crippen LogP contribution in [0.5, 0.6) is 11.5 Å². The molecule has 0 aromatic heterocycles. The van der Waals surface area contributed by atoms with Gasteiger partial charge in [0, 0.05) is 10.6 Å². The van der Waals surface area contributed by atoms with E-state index in [0.29, 0.717) is 28.7 Å². The molecule has 1 aliphatic heterocycles. The lowest BCUT2D eigenvalue weighted by molar-refractivity contribution is -0.123. The first-order valence-electron chi connectivity index (χ1n) is 12.1. The Labute approximate surface area is 239 Å². The van der Waals surface area contributed by atoms with E-state index < -0.39 is 17.0 Å². The van der Waals surface area contributed by atoms with Gasteiger partial charge in [-0.3, -0.25) is 14.5 Å². The van der Waals surface area contributed by atoms with Crippen molar-refractivity contribution in [3.63, 3.8) is 0 Å². The number of fused-ring (bicyclic) bond motifs is 1. The van der Waals surface area contributed by atoms with Crippen molar-refractivity contribution in [3.05, 3.63) is 110 Å². The van der Waals surface area contributed by atoms with Crippen LogP contribution in [0.4, 0.5) is 9.18 Å². The fourth-order valence-corrected chi connectivity index (χ4v) is 5.61. The van der Waals surface area contributed by atoms with Crippen molar-refractivity contribution < 1.29 is 23.5 Å². The molecule has 1 heterocycles. The minimum Gasteiger partial charge on any atom is -0.490 e. The molecule has 0 atom stereocenters. The lowest BCUT2D eigenvalue weighted by atomic mass is 10.1. The summed E-state index contributed by atoms with van der Waals surface area (Å²) in [6, 6.07) is 21.6. The molecule has 4 aromatic carbocycles. The van der Waals surface area contributed by atoms with Gasteiger partial charge in [0.2, 0.25) is 0 Å². The zero-order valence-electron chi connectivity index (χ0n) is 20.7. The predicted octanol–water partition coefficient (Wildman–Crippen LogP) is 8.50. The number of nitrogens with zero attached hydrogens (tertiary/aromatic N) is 1. The topological polar surface area (TPSA) is 55.8 Å². The third kappa shape index (κ3) is 5.76. The van der Waals surface area contributed by atoms with Gasteiger partial charge in [-0.1, -0.05) is 71.7 Å². The van der Waals surface area contributed by atoms with Crippen LogP contribution in [0.1, 0.15) is 23.6 Å². The fourth-order valence-electron chi connectivity index (χ4n) is 4.27. The molecule has 198 valence electrons. The summed E-state index contributed by atoms with van der Waals surface area (Å²) in [6.45, 7) is 2.22. The van der Waals surface area contributed by atoms with E-state index in [2.05, 4.69) is 0 Å². The number of ether oxygens (including phenoxy) is 2. The summed E-state index contributed by atoms with van der Waals surface area (Å²) in [5, 5.41) is 2.11. The summed E-state index contributed by atoms with van der Waals surface area (Å²) in [5.41, 5.74) is 1.63. The zero-order valence-corrected chi connectivity index (χ0v) is 23.1. The summed E-state index contributed by atoms with van der Waals surface area (Å²) in [4.78, 5) is 26.8. The van der Waals surface area contributed by atoms with E-state index in [-0.39, 0.29) is 28.6 Å². The maximum Gasteiger partial charge on any atom is 0.293 e. The van der Waals surface area contributed by atoms with Crippen LogP contribution >= 0.6 is 35.0 Å². The Bertz CT molecular complexity index is 1600. The number of carbonyl (C=O) groups excluding carboxylic acids is 2. The number of benzene rings is 4. The molecule has 2 amide bonds. The molecule has 0 N–H and O–H groups in total. The van der Waals surface area contributed by atoms with Gasteiger partial charge in [0.25, 0.3) is 11.1 Å². The van der Waals surface area contributed by atoms with Crippen molar-refractivity contribution in [2.24, 2.45) is 0 Å². The number of halogens is 3. The van der Waals surface area contributed by atoms with Crippen LogP contribution in [-0.4, -0.2) is 22.7 Å². The monoisotopic (exact) mass is 581 g/mol. The molecule has 5 rings (SSSR count). The molecule has 1 saturated heterocycles. The van der Waals surface area contributed by atoms with Gasteiger partial charge in [-0.05, 0) is 70.9 Å². The lowest BCUT2D eigenvalue weighted by Crippen LogP contribution is -2.28. The summed E-state index contributed by atoms with van der Waals surface area (Å²) in [5.74, 6) is -0.341. The number of imide groups is 1. The Morgan fingerprint density at radius 3 is 2.51 bits per heavy atom. The van der Waals surface area contributed by atoms with Gasteiger partial charge in [-0.2, -0.15) is 0 Å². The molecule has 5 nitrogen and oxygen atoms in total. The van der Waals surface area contributed by atoms with Crippen LogP contribution in [0, 0.1) is 5.82 Å². The zero-order chi connectivity index (χ0) is 27.5. The van der Waals surface area contributed by atoms with Crippen LogP contribution in [-0.2, 0) is 17.9 Å². The molecule has 4 aromatic rings. The molecule has 0 spiro atoms. The number of hydrogen-bond acceptors (Lipinski definition) is 5. The second-order valence-corrected chi connectivity index (χ2v) is 10.5. The maximum atomic E-state index is 14.3. The van der Waals surface area contributed by atoms with Gasteiger partial charge < -0.3 is 9.47 Å². The Hall–Kier alpha value is -3.52. The second kappa shape index (κ2) is 11.7. The first kappa shape index (κ1) is 27.1. The van der Waals surface area contributed by atoms with Gasteiger partial charge >= 0.3 is 0 Å². The summed E-state index contributed by atoms with van der Waals surface area (Å²) in [6.07, 6.45) is 1.55. The number of hydrogen-bond donors (Lipinski definition) is 0. The summed E-state index contributed by atoms with van der Waals surface area (Å²) < 4.78 is 26.2. The van der Waals surface area contributed by atoms with E-state index in [1.54, 1.807) is 18.2 Å². The molecular formula is C30H22Cl2FNO4S. The van der Waals surface area contributed by atoms with E-state index in [9.17, 15) is 14.0 Å². The van der Waals surface area contributed by atoms with E-state index in [0.717, 1.165) is 33.0 Å². The Morgan fingerprint density at radius 1 is 0.949 bits per heavy atom. The fraction of sp³-hybridized carbons (Fsp3) is 0.133. The molecule has 9 heteroatoms. The van der Waals surface area contributed by atoms with Crippen LogP contribution < -0.4 is 9.47 Å². The molecule has 0 radical (unpaired) electrons. The minimum absolute atomic E-state index is 0.0806. The van der Waals surface area contributed by atoms with Gasteiger partial charge in [-0.15, -0.1) is 0 Å². The first-order valence-corrected chi connectivity index (χ1v) is 13.7. The molecule has 0 unspecified atom stereocenters. The lowest BCUT2D eigenvalue weighted by Gasteiger charge is -2.16. The number of carbonyl (C=O) groups is 2. The minimum atomic E-state index is -0.585. The highest BCUT2D eigenvalue weighted by Gasteiger charge is 2.36. The largest absolute Gasteiger partial charge is 0.490 e. The molecule has 0 bridgehead atoms. The van der Waals surface area contributed by atoms with Crippen molar-refractivity contribution in [1.29, 1.82) is 0 Å². The second-order valence-electron chi connectivity index (χ2n) is 8.66. The molecule has 0 aliphatic carbocycles. The number of rotatable bonds is 8. The summed E-state index contributed by atoms with van der Waals surface area (Å²) in [7, 11) is 0. The highest BCUT2D eigenvalue weighted by Crippen LogP contribution is 2.40. The van der Waals surface area contributed by atoms with Crippen molar-refractivity contribution in [2.75, 3.05) is 6.61 Å². The van der Waals surface area contributed by atoms with Gasteiger partial charge in [-0.25, -0.2) is 4.39 Å². The third-order valence-electron chi connectivity index (χ3n) is 6.13. The van der Waals surface area contributed by atoms with Crippen LogP contribution in [0.25, 0.3) is 16.8 Å². The summed E-state index contributed by atoms with van der Waals surface area (Å²) >= 11 is 13.5. The van der Waals surface area contributed by atoms with E-state index in [1.807, 2.05) is 49.4 Å². The van der Waals surface area contributed by atoms with E-state index in [1.165, 1.54) is 18.2 Å². The highest BCUT2D eigenvalue weighted by molar-refractivity contribution is 8.18. The molecule has 1 fully saturated rings. The molecule has 1 aliphatic rings. The van der Waals surface area contributed by atoms with Crippen molar-refractivity contribution >= 4 is 63.0 Å². The maximum absolute atomic E-state index is 14.3. The van der Waals surface area contributed by atoms with Crippen LogP contribution in [0.15, 0.2) is 77.7 Å². The standard InChI is InChI=1S/C30H22Cl2FNO4S/c1-2-37-26-14-18(13-24(32)28(26)38-17-20-9-5-8-19-7-3-4-10-21(19)20)15-27-29(35)34(30(36)39-27)16-22-23(31)11-6-12-25(22)33/h3-15H,2,16-17H2,1H3/b27-15-. The van der Waals surface area contributed by atoms with Gasteiger partial charge in [0.05, 0.1) is 23.1 Å². The van der Waals surface area contributed by atoms with Crippen molar-refractivity contribution in [2.45, 2.75) is 20.1 Å². The van der Waals surface area contributed by atoms with Crippen molar-refractivity contribution in [1.82, 2.24) is 4.90 Å². The van der Waals surface area contributed by atoms with Gasteiger partial charge in [0.15, 0.2) is 11.5 Å². The quantitative estimate of drug-likeness (QED) is 0.195. The van der Waals surface area contributed by atoms with Crippen molar-refractivity contribution in [3.8, 4) is 11.5 Å². The van der Waals surface area contributed by atoms with Crippen LogP contribution in [0.2, 0.25) is 10.0 Å². The normalized spacial score (nSPS) is 14.5. The third-order valence-corrected chi connectivity index (χ3v) is 7.68. The van der Waals surface area contributed by atoms with Gasteiger partial charge in [0.1, 0.15) is 12.4 Å². The molecular weight excluding hydrogens is 560 g/mol. The van der Waals surface area contributed by atoms with Crippen LogP contribution in [0.3, 0.4) is 0 Å². The first-order chi connectivity index (χ1) is 18.9. The average molecular weight is 582 g/mol. The predicted molar refractivity (Wildman–Crippen MR) is 154 cm³/mol. The Kier molecular flexibility index (Phi) is 8.12. The Balaban J connectivity index is 1.39. The molecule has 0 saturated carbocycles. The highest BCUT2D eigenvalue weighted by atomic mass is 35.5. The Morgan fingerprint density at radius 2 is 1.72 bits per heavy atom. The SMILES string of the molecule is CCOc1cc(/C=C2\SC(=O)N(Cc3c(F)cccc3Cl)C2=O)cc(Cl)c1OCc1cccc2ccccc12. The number of amides is 2. The average Bonchev–Trinajstić information content (AvgIpc) is 3.17. The number of thioether (sulfide) groups is 1. The van der Waals surface area contributed by atoms with E-state index >= 15 is 0 Å². The van der Waals surface area contributed by atoms with E-state index in [4.69, 9.17) is 32.7 Å². The smallest absolute Gasteiger partial charge is 0.293 e.